The fourth-order valence-electron chi connectivity index (χ4n) is 4.98. The third-order valence-electron chi connectivity index (χ3n) is 6.16. The van der Waals surface area contributed by atoms with Crippen molar-refractivity contribution in [2.75, 3.05) is 13.2 Å². The van der Waals surface area contributed by atoms with Gasteiger partial charge in [-0.2, -0.15) is 0 Å². The topological polar surface area (TPSA) is 18.5 Å². The second kappa shape index (κ2) is 2.43. The van der Waals surface area contributed by atoms with E-state index in [-0.39, 0.29) is 5.79 Å². The van der Waals surface area contributed by atoms with Crippen LogP contribution in [0.1, 0.15) is 45.4 Å². The van der Waals surface area contributed by atoms with E-state index in [9.17, 15) is 0 Å². The van der Waals surface area contributed by atoms with Crippen molar-refractivity contribution >= 4 is 0 Å². The van der Waals surface area contributed by atoms with E-state index in [0.29, 0.717) is 5.41 Å². The molecule has 2 heteroatoms. The minimum Gasteiger partial charge on any atom is -0.348 e. The minimum atomic E-state index is -0.149. The van der Waals surface area contributed by atoms with E-state index in [1.807, 2.05) is 0 Å². The van der Waals surface area contributed by atoms with Crippen LogP contribution in [0.3, 0.4) is 0 Å². The standard InChI is InChI=1S/C13H20O2/c1-11-3-2-10(11)12(11)4-6-13(7-5-12)14-8-9-15-13/h10H,2-9H2,1H3/t10-,11+/m1/s1. The molecule has 1 aliphatic heterocycles. The molecule has 4 rings (SSSR count). The van der Waals surface area contributed by atoms with Gasteiger partial charge in [-0.15, -0.1) is 0 Å². The molecule has 1 heterocycles. The molecule has 2 nitrogen and oxygen atoms in total. The zero-order valence-corrected chi connectivity index (χ0v) is 9.55. The van der Waals surface area contributed by atoms with Gasteiger partial charge in [0.1, 0.15) is 0 Å². The highest BCUT2D eigenvalue weighted by Crippen LogP contribution is 2.84. The molecule has 3 saturated carbocycles. The van der Waals surface area contributed by atoms with Crippen molar-refractivity contribution in [1.82, 2.24) is 0 Å². The van der Waals surface area contributed by atoms with Gasteiger partial charge >= 0.3 is 0 Å². The lowest BCUT2D eigenvalue weighted by atomic mass is 9.77. The lowest BCUT2D eigenvalue weighted by molar-refractivity contribution is -0.186. The van der Waals surface area contributed by atoms with Gasteiger partial charge in [-0.1, -0.05) is 6.92 Å². The summed E-state index contributed by atoms with van der Waals surface area (Å²) in [5, 5.41) is 0. The monoisotopic (exact) mass is 208 g/mol. The first-order valence-electron chi connectivity index (χ1n) is 6.49. The summed E-state index contributed by atoms with van der Waals surface area (Å²) < 4.78 is 11.6. The third-order valence-corrected chi connectivity index (χ3v) is 6.16. The summed E-state index contributed by atoms with van der Waals surface area (Å²) in [7, 11) is 0. The van der Waals surface area contributed by atoms with Crippen molar-refractivity contribution < 1.29 is 9.47 Å². The summed E-state index contributed by atoms with van der Waals surface area (Å²) in [4.78, 5) is 0. The maximum absolute atomic E-state index is 5.80. The van der Waals surface area contributed by atoms with E-state index in [0.717, 1.165) is 37.4 Å². The Labute approximate surface area is 91.3 Å². The zero-order valence-electron chi connectivity index (χ0n) is 9.55. The highest BCUT2D eigenvalue weighted by atomic mass is 16.7. The van der Waals surface area contributed by atoms with Crippen LogP contribution < -0.4 is 0 Å². The fourth-order valence-corrected chi connectivity index (χ4v) is 4.98. The number of rotatable bonds is 0. The van der Waals surface area contributed by atoms with Crippen molar-refractivity contribution in [3.8, 4) is 0 Å². The maximum atomic E-state index is 5.80. The molecule has 84 valence electrons. The Morgan fingerprint density at radius 3 is 2.00 bits per heavy atom. The number of fused-ring (bicyclic) bond motifs is 3. The van der Waals surface area contributed by atoms with E-state index in [1.165, 1.54) is 25.7 Å². The number of hydrogen-bond donors (Lipinski definition) is 0. The number of ether oxygens (including phenoxy) is 2. The summed E-state index contributed by atoms with van der Waals surface area (Å²) in [6.45, 7) is 4.14. The molecule has 0 aromatic heterocycles. The van der Waals surface area contributed by atoms with Crippen molar-refractivity contribution in [1.29, 1.82) is 0 Å². The minimum absolute atomic E-state index is 0.149. The summed E-state index contributed by atoms with van der Waals surface area (Å²) >= 11 is 0. The molecule has 0 radical (unpaired) electrons. The predicted octanol–water partition coefficient (Wildman–Crippen LogP) is 2.72. The van der Waals surface area contributed by atoms with Crippen LogP contribution in [0.25, 0.3) is 0 Å². The van der Waals surface area contributed by atoms with Crippen LogP contribution in [0.2, 0.25) is 0 Å². The van der Waals surface area contributed by atoms with E-state index in [2.05, 4.69) is 6.92 Å². The van der Waals surface area contributed by atoms with Crippen LogP contribution in [-0.4, -0.2) is 19.0 Å². The normalized spacial score (nSPS) is 49.0. The Morgan fingerprint density at radius 1 is 0.933 bits per heavy atom. The first-order valence-corrected chi connectivity index (χ1v) is 6.49. The van der Waals surface area contributed by atoms with Gasteiger partial charge < -0.3 is 9.47 Å². The van der Waals surface area contributed by atoms with Gasteiger partial charge in [0.2, 0.25) is 0 Å². The molecule has 4 aliphatic rings. The smallest absolute Gasteiger partial charge is 0.168 e. The summed E-state index contributed by atoms with van der Waals surface area (Å²) in [5.41, 5.74) is 1.45. The number of hydrogen-bond acceptors (Lipinski definition) is 2. The molecule has 1 saturated heterocycles. The van der Waals surface area contributed by atoms with Crippen LogP contribution in [0.5, 0.6) is 0 Å². The first kappa shape index (κ1) is 9.00. The first-order chi connectivity index (χ1) is 7.21. The third kappa shape index (κ3) is 0.861. The van der Waals surface area contributed by atoms with Crippen molar-refractivity contribution in [3.63, 3.8) is 0 Å². The van der Waals surface area contributed by atoms with Gasteiger partial charge in [0.15, 0.2) is 5.79 Å². The van der Waals surface area contributed by atoms with Gasteiger partial charge in [-0.05, 0) is 42.4 Å². The highest BCUT2D eigenvalue weighted by Gasteiger charge is 2.78. The van der Waals surface area contributed by atoms with E-state index >= 15 is 0 Å². The second-order valence-corrected chi connectivity index (χ2v) is 6.27. The molecule has 0 aromatic carbocycles. The molecule has 0 aromatic rings. The van der Waals surface area contributed by atoms with Crippen molar-refractivity contribution in [2.45, 2.75) is 51.2 Å². The lowest BCUT2D eigenvalue weighted by Gasteiger charge is -2.37. The van der Waals surface area contributed by atoms with E-state index < -0.39 is 0 Å². The van der Waals surface area contributed by atoms with E-state index in [4.69, 9.17) is 9.47 Å². The molecule has 4 fully saturated rings. The molecule has 3 aliphatic carbocycles. The van der Waals surface area contributed by atoms with Crippen molar-refractivity contribution in [3.05, 3.63) is 0 Å². The Balaban J connectivity index is 1.52. The Kier molecular flexibility index (Phi) is 1.46. The fraction of sp³-hybridized carbons (Fsp3) is 1.00. The maximum Gasteiger partial charge on any atom is 0.168 e. The molecule has 0 N–H and O–H groups in total. The van der Waals surface area contributed by atoms with Crippen LogP contribution in [0.15, 0.2) is 0 Å². The van der Waals surface area contributed by atoms with Gasteiger partial charge in [0.25, 0.3) is 0 Å². The predicted molar refractivity (Wildman–Crippen MR) is 56.4 cm³/mol. The molecule has 0 unspecified atom stereocenters. The van der Waals surface area contributed by atoms with Crippen LogP contribution in [-0.2, 0) is 9.47 Å². The lowest BCUT2D eigenvalue weighted by Crippen LogP contribution is -2.36. The Hall–Kier alpha value is -0.0800. The van der Waals surface area contributed by atoms with E-state index in [1.54, 1.807) is 0 Å². The van der Waals surface area contributed by atoms with Crippen LogP contribution >= 0.6 is 0 Å². The van der Waals surface area contributed by atoms with Crippen molar-refractivity contribution in [2.24, 2.45) is 16.7 Å². The molecule has 15 heavy (non-hydrogen) atoms. The van der Waals surface area contributed by atoms with Gasteiger partial charge in [0.05, 0.1) is 13.2 Å². The quantitative estimate of drug-likeness (QED) is 0.609. The Morgan fingerprint density at radius 2 is 1.53 bits per heavy atom. The second-order valence-electron chi connectivity index (χ2n) is 6.27. The Bertz CT molecular complexity index is 296. The highest BCUT2D eigenvalue weighted by molar-refractivity contribution is 5.26. The molecule has 2 spiro atoms. The van der Waals surface area contributed by atoms with Gasteiger partial charge in [0, 0.05) is 12.8 Å². The van der Waals surface area contributed by atoms with Crippen LogP contribution in [0, 0.1) is 16.7 Å². The summed E-state index contributed by atoms with van der Waals surface area (Å²) in [5.74, 6) is 0.910. The largest absolute Gasteiger partial charge is 0.348 e. The molecule has 2 atom stereocenters. The summed E-state index contributed by atoms with van der Waals surface area (Å²) in [6, 6.07) is 0. The van der Waals surface area contributed by atoms with Crippen LogP contribution in [0.4, 0.5) is 0 Å². The average molecular weight is 208 g/mol. The molecule has 0 amide bonds. The molecule has 0 bridgehead atoms. The SMILES string of the molecule is C[C@]12CC[C@H]1C21CCC2(CC1)OCCO2. The average Bonchev–Trinajstić information content (AvgIpc) is 2.64. The molecular weight excluding hydrogens is 188 g/mol. The molecular formula is C13H20O2. The van der Waals surface area contributed by atoms with Gasteiger partial charge in [-0.3, -0.25) is 0 Å². The summed E-state index contributed by atoms with van der Waals surface area (Å²) in [6.07, 6.45) is 7.98. The van der Waals surface area contributed by atoms with Gasteiger partial charge in [-0.25, -0.2) is 0 Å². The zero-order chi connectivity index (χ0) is 10.1.